The van der Waals surface area contributed by atoms with Crippen LogP contribution in [0.4, 0.5) is 24.5 Å². The van der Waals surface area contributed by atoms with Crippen molar-refractivity contribution >= 4 is 23.3 Å². The van der Waals surface area contributed by atoms with Gasteiger partial charge in [-0.3, -0.25) is 4.79 Å². The Morgan fingerprint density at radius 2 is 1.74 bits per heavy atom. The number of carbonyl (C=O) groups is 1. The van der Waals surface area contributed by atoms with Crippen molar-refractivity contribution < 1.29 is 27.8 Å². The van der Waals surface area contributed by atoms with Crippen molar-refractivity contribution in [1.29, 1.82) is 0 Å². The maximum absolute atomic E-state index is 15.2. The zero-order chi connectivity index (χ0) is 30.2. The third-order valence-electron chi connectivity index (χ3n) is 7.84. The van der Waals surface area contributed by atoms with Crippen molar-refractivity contribution in [2.45, 2.75) is 45.1 Å². The molecule has 1 saturated heterocycles. The molecule has 10 heteroatoms. The van der Waals surface area contributed by atoms with Crippen molar-refractivity contribution in [2.75, 3.05) is 38.2 Å². The number of para-hydroxylation sites is 1. The van der Waals surface area contributed by atoms with Crippen molar-refractivity contribution in [2.24, 2.45) is 4.99 Å². The molecule has 42 heavy (non-hydrogen) atoms. The molecule has 1 unspecified atom stereocenters. The van der Waals surface area contributed by atoms with Gasteiger partial charge in [0.05, 0.1) is 25.3 Å². The van der Waals surface area contributed by atoms with Crippen molar-refractivity contribution in [3.8, 4) is 5.75 Å². The zero-order valence-electron chi connectivity index (χ0n) is 24.2. The fraction of sp³-hybridized carbons (Fsp3) is 0.375. The summed E-state index contributed by atoms with van der Waals surface area (Å²) in [6.45, 7) is 8.07. The third kappa shape index (κ3) is 5.75. The number of benzene rings is 2. The Morgan fingerprint density at radius 1 is 1.02 bits per heavy atom. The summed E-state index contributed by atoms with van der Waals surface area (Å²) < 4.78 is 49.0. The number of methoxy groups -OCH3 is 1. The van der Waals surface area contributed by atoms with Crippen LogP contribution >= 0.6 is 0 Å². The Hall–Kier alpha value is -4.21. The van der Waals surface area contributed by atoms with E-state index in [1.54, 1.807) is 25.3 Å². The van der Waals surface area contributed by atoms with E-state index in [4.69, 9.17) is 9.73 Å². The molecule has 2 aromatic rings. The van der Waals surface area contributed by atoms with Crippen LogP contribution in [0.1, 0.15) is 50.8 Å². The molecule has 2 aliphatic heterocycles. The Balaban J connectivity index is 1.58. The second kappa shape index (κ2) is 11.6. The summed E-state index contributed by atoms with van der Waals surface area (Å²) in [5.74, 6) is -2.41. The van der Waals surface area contributed by atoms with Crippen LogP contribution in [-0.4, -0.2) is 60.1 Å². The molecule has 5 rings (SSSR count). The molecule has 3 aliphatic rings. The van der Waals surface area contributed by atoms with E-state index in [0.29, 0.717) is 54.8 Å². The summed E-state index contributed by atoms with van der Waals surface area (Å²) in [5, 5.41) is 9.99. The fourth-order valence-corrected chi connectivity index (χ4v) is 5.58. The fourth-order valence-electron chi connectivity index (χ4n) is 5.58. The first kappa shape index (κ1) is 29.3. The van der Waals surface area contributed by atoms with E-state index >= 15 is 4.39 Å². The number of guanidine groups is 1. The topological polar surface area (TPSA) is 68.6 Å². The van der Waals surface area contributed by atoms with Gasteiger partial charge in [0.15, 0.2) is 11.7 Å². The van der Waals surface area contributed by atoms with Crippen LogP contribution in [-0.2, 0) is 10.2 Å². The number of anilines is 1. The van der Waals surface area contributed by atoms with Crippen LogP contribution in [0.25, 0.3) is 0 Å². The largest absolute Gasteiger partial charge is 0.495 e. The summed E-state index contributed by atoms with van der Waals surface area (Å²) in [6, 6.07) is 9.65. The highest BCUT2D eigenvalue weighted by molar-refractivity contribution is 6.02. The van der Waals surface area contributed by atoms with Gasteiger partial charge in [-0.2, -0.15) is 0 Å². The first-order chi connectivity index (χ1) is 20.0. The molecule has 7 nitrogen and oxygen atoms in total. The highest BCUT2D eigenvalue weighted by atomic mass is 19.2. The number of nitrogens with zero attached hydrogens (tertiary/aromatic N) is 4. The number of fused-ring (bicyclic) bond motifs is 1. The third-order valence-corrected chi connectivity index (χ3v) is 7.84. The van der Waals surface area contributed by atoms with E-state index in [-0.39, 0.29) is 23.9 Å². The number of aliphatic carboxylic acids is 1. The van der Waals surface area contributed by atoms with E-state index in [0.717, 1.165) is 5.56 Å². The molecule has 1 atom stereocenters. The number of carboxylic acids is 1. The van der Waals surface area contributed by atoms with Gasteiger partial charge in [-0.05, 0) is 47.8 Å². The molecular formula is C32H35F3N4O3. The van der Waals surface area contributed by atoms with Crippen LogP contribution in [0.15, 0.2) is 77.0 Å². The van der Waals surface area contributed by atoms with Crippen LogP contribution in [0.3, 0.4) is 0 Å². The number of ether oxygens (including phenoxy) is 1. The average Bonchev–Trinajstić information content (AvgIpc) is 3.12. The molecule has 1 aliphatic carbocycles. The molecule has 1 N–H and O–H groups in total. The highest BCUT2D eigenvalue weighted by Crippen LogP contribution is 2.45. The highest BCUT2D eigenvalue weighted by Gasteiger charge is 2.39. The van der Waals surface area contributed by atoms with Gasteiger partial charge in [0.25, 0.3) is 0 Å². The second-order valence-corrected chi connectivity index (χ2v) is 11.6. The maximum Gasteiger partial charge on any atom is 0.305 e. The maximum atomic E-state index is 15.2. The number of rotatable bonds is 5. The van der Waals surface area contributed by atoms with Crippen LogP contribution in [0.5, 0.6) is 5.75 Å². The summed E-state index contributed by atoms with van der Waals surface area (Å²) >= 11 is 0. The summed E-state index contributed by atoms with van der Waals surface area (Å²) in [6.07, 6.45) is 4.17. The standard InChI is InChI=1S/C32H35F3N4O3/c1-32(2,3)20-11-12-28(42-4)27(17-20)39-26(19-29(40)41)22-8-6-10-24(34)30(22)36-31(39)38-15-13-37(14-16-38)21-7-5-9-23(33)25(35)18-21/h6-12,17-18,26H,5,13-16,19H2,1-4H3,(H,40,41). The van der Waals surface area contributed by atoms with E-state index in [1.165, 1.54) is 18.2 Å². The summed E-state index contributed by atoms with van der Waals surface area (Å²) in [4.78, 5) is 22.8. The molecule has 0 aromatic heterocycles. The minimum Gasteiger partial charge on any atom is -0.495 e. The SMILES string of the molecule is COc1ccc(C(C)(C)C)cc1N1C(N2CCN(C3=CCC=C(F)C(F)=C3)CC2)=Nc2c(F)cccc2C1CC(=O)O. The number of hydrogen-bond acceptors (Lipinski definition) is 6. The van der Waals surface area contributed by atoms with E-state index in [2.05, 4.69) is 20.8 Å². The number of halogens is 3. The number of allylic oxidation sites excluding steroid dienone is 5. The lowest BCUT2D eigenvalue weighted by molar-refractivity contribution is -0.137. The number of hydrogen-bond donors (Lipinski definition) is 1. The van der Waals surface area contributed by atoms with Gasteiger partial charge in [-0.25, -0.2) is 18.2 Å². The Labute approximate surface area is 243 Å². The minimum absolute atomic E-state index is 0.112. The molecule has 0 radical (unpaired) electrons. The molecule has 0 amide bonds. The Bertz CT molecular complexity index is 1500. The quantitative estimate of drug-likeness (QED) is 0.421. The van der Waals surface area contributed by atoms with E-state index in [9.17, 15) is 18.7 Å². The monoisotopic (exact) mass is 580 g/mol. The number of aliphatic imine (C=N–C) groups is 1. The lowest BCUT2D eigenvalue weighted by atomic mass is 9.86. The minimum atomic E-state index is -1.04. The lowest BCUT2D eigenvalue weighted by Crippen LogP contribution is -2.55. The predicted octanol–water partition coefficient (Wildman–Crippen LogP) is 6.77. The Morgan fingerprint density at radius 3 is 2.40 bits per heavy atom. The first-order valence-electron chi connectivity index (χ1n) is 14.0. The molecular weight excluding hydrogens is 545 g/mol. The zero-order valence-corrected chi connectivity index (χ0v) is 24.2. The van der Waals surface area contributed by atoms with E-state index < -0.39 is 29.5 Å². The van der Waals surface area contributed by atoms with Crippen LogP contribution in [0.2, 0.25) is 0 Å². The molecule has 0 spiro atoms. The molecule has 2 heterocycles. The van der Waals surface area contributed by atoms with Crippen molar-refractivity contribution in [1.82, 2.24) is 9.80 Å². The predicted molar refractivity (Wildman–Crippen MR) is 157 cm³/mol. The van der Waals surface area contributed by atoms with Crippen LogP contribution < -0.4 is 9.64 Å². The van der Waals surface area contributed by atoms with Gasteiger partial charge in [0, 0.05) is 37.4 Å². The van der Waals surface area contributed by atoms with Crippen molar-refractivity contribution in [3.63, 3.8) is 0 Å². The molecule has 222 valence electrons. The van der Waals surface area contributed by atoms with Gasteiger partial charge in [-0.15, -0.1) is 0 Å². The first-order valence-corrected chi connectivity index (χ1v) is 14.0. The lowest BCUT2D eigenvalue weighted by Gasteiger charge is -2.45. The smallest absolute Gasteiger partial charge is 0.305 e. The summed E-state index contributed by atoms with van der Waals surface area (Å²) in [5.41, 5.74) is 2.61. The normalized spacial score (nSPS) is 19.3. The van der Waals surface area contributed by atoms with Gasteiger partial charge >= 0.3 is 5.97 Å². The molecule has 2 aromatic carbocycles. The van der Waals surface area contributed by atoms with Gasteiger partial charge in [-0.1, -0.05) is 45.0 Å². The molecule has 1 fully saturated rings. The number of carboxylic acid groups (broad SMARTS) is 1. The second-order valence-electron chi connectivity index (χ2n) is 11.6. The van der Waals surface area contributed by atoms with Gasteiger partial charge in [0.2, 0.25) is 5.96 Å². The molecule has 0 bridgehead atoms. The van der Waals surface area contributed by atoms with E-state index in [1.807, 2.05) is 32.9 Å². The van der Waals surface area contributed by atoms with Crippen molar-refractivity contribution in [3.05, 3.63) is 88.9 Å². The summed E-state index contributed by atoms with van der Waals surface area (Å²) in [7, 11) is 1.56. The number of piperazine rings is 1. The Kier molecular flexibility index (Phi) is 8.08. The van der Waals surface area contributed by atoms with Crippen LogP contribution in [0, 0.1) is 5.82 Å². The average molecular weight is 581 g/mol. The van der Waals surface area contributed by atoms with Gasteiger partial charge < -0.3 is 24.5 Å². The van der Waals surface area contributed by atoms with Gasteiger partial charge in [0.1, 0.15) is 17.3 Å². The molecule has 0 saturated carbocycles.